The van der Waals surface area contributed by atoms with Gasteiger partial charge in [0.05, 0.1) is 6.21 Å². The van der Waals surface area contributed by atoms with Crippen LogP contribution in [0.4, 0.5) is 11.5 Å². The summed E-state index contributed by atoms with van der Waals surface area (Å²) in [4.78, 5) is 14.3. The fourth-order valence-electron chi connectivity index (χ4n) is 2.89. The molecule has 5 nitrogen and oxygen atoms in total. The number of benzene rings is 1. The molecule has 0 saturated carbocycles. The molecule has 2 aromatic rings. The van der Waals surface area contributed by atoms with Gasteiger partial charge in [0.2, 0.25) is 0 Å². The summed E-state index contributed by atoms with van der Waals surface area (Å²) in [6.45, 7) is 4.09. The topological polar surface area (TPSA) is 63.6 Å². The molecule has 1 saturated heterocycles. The monoisotopic (exact) mass is 310 g/mol. The van der Waals surface area contributed by atoms with Gasteiger partial charge in [-0.15, -0.1) is 0 Å². The largest absolute Gasteiger partial charge is 0.384 e. The second-order valence-corrected chi connectivity index (χ2v) is 5.99. The molecule has 0 atom stereocenters. The van der Waals surface area contributed by atoms with E-state index in [2.05, 4.69) is 22.1 Å². The summed E-state index contributed by atoms with van der Waals surface area (Å²) < 4.78 is 1.21. The molecule has 0 radical (unpaired) electrons. The van der Waals surface area contributed by atoms with Crippen molar-refractivity contribution in [3.63, 3.8) is 0 Å². The molecular weight excluding hydrogens is 288 g/mol. The molecular formula is C18H22N4O. The maximum absolute atomic E-state index is 11.9. The van der Waals surface area contributed by atoms with Crippen molar-refractivity contribution in [2.75, 3.05) is 23.7 Å². The Hall–Kier alpha value is -2.56. The van der Waals surface area contributed by atoms with Gasteiger partial charge in [-0.2, -0.15) is 9.78 Å². The minimum Gasteiger partial charge on any atom is -0.384 e. The number of nitrogens with zero attached hydrogens (tertiary/aromatic N) is 3. The number of aryl methyl sites for hydroxylation is 1. The number of nitrogen functional groups attached to an aromatic ring is 1. The lowest BCUT2D eigenvalue weighted by atomic mass is 10.1. The predicted molar refractivity (Wildman–Crippen MR) is 95.3 cm³/mol. The number of anilines is 2. The summed E-state index contributed by atoms with van der Waals surface area (Å²) in [5.41, 5.74) is 8.66. The van der Waals surface area contributed by atoms with E-state index in [-0.39, 0.29) is 5.56 Å². The van der Waals surface area contributed by atoms with Crippen molar-refractivity contribution < 1.29 is 0 Å². The molecule has 0 bridgehead atoms. The first-order valence-electron chi connectivity index (χ1n) is 8.02. The van der Waals surface area contributed by atoms with E-state index >= 15 is 0 Å². The molecule has 1 aromatic heterocycles. The van der Waals surface area contributed by atoms with Crippen molar-refractivity contribution in [3.8, 4) is 0 Å². The Morgan fingerprint density at radius 3 is 2.43 bits per heavy atom. The maximum atomic E-state index is 11.9. The van der Waals surface area contributed by atoms with E-state index < -0.39 is 0 Å². The van der Waals surface area contributed by atoms with E-state index in [9.17, 15) is 4.79 Å². The Bertz CT molecular complexity index is 756. The zero-order valence-corrected chi connectivity index (χ0v) is 13.4. The second kappa shape index (κ2) is 6.69. The highest BCUT2D eigenvalue weighted by Crippen LogP contribution is 2.19. The third-order valence-corrected chi connectivity index (χ3v) is 4.12. The van der Waals surface area contributed by atoms with Gasteiger partial charge in [-0.05, 0) is 55.5 Å². The van der Waals surface area contributed by atoms with Crippen LogP contribution in [0.25, 0.3) is 0 Å². The van der Waals surface area contributed by atoms with Crippen molar-refractivity contribution >= 4 is 17.7 Å². The number of nitrogens with two attached hydrogens (primary N) is 1. The predicted octanol–water partition coefficient (Wildman–Crippen LogP) is 2.61. The molecule has 5 heteroatoms. The highest BCUT2D eigenvalue weighted by Gasteiger charge is 2.10. The Labute approximate surface area is 136 Å². The van der Waals surface area contributed by atoms with Crippen LogP contribution in [0.5, 0.6) is 0 Å². The van der Waals surface area contributed by atoms with Crippen LogP contribution in [0, 0.1) is 6.92 Å². The van der Waals surface area contributed by atoms with Gasteiger partial charge in [-0.1, -0.05) is 12.1 Å². The molecule has 0 unspecified atom stereocenters. The number of rotatable bonds is 3. The van der Waals surface area contributed by atoms with Crippen LogP contribution in [-0.4, -0.2) is 24.0 Å². The van der Waals surface area contributed by atoms with Crippen LogP contribution in [0.2, 0.25) is 0 Å². The summed E-state index contributed by atoms with van der Waals surface area (Å²) >= 11 is 0. The van der Waals surface area contributed by atoms with Crippen LogP contribution in [0.15, 0.2) is 46.3 Å². The van der Waals surface area contributed by atoms with E-state index in [0.717, 1.165) is 24.2 Å². The van der Waals surface area contributed by atoms with Crippen molar-refractivity contribution in [3.05, 3.63) is 57.9 Å². The standard InChI is InChI=1S/C18H22N4O/c1-14-11-17(19)22(18(23)12-14)20-13-15-5-7-16(8-6-15)21-9-3-2-4-10-21/h5-8,11-13H,2-4,9-10,19H2,1H3/b20-13-. The minimum absolute atomic E-state index is 0.219. The van der Waals surface area contributed by atoms with Crippen LogP contribution in [0.1, 0.15) is 30.4 Å². The molecule has 0 amide bonds. The number of hydrogen-bond acceptors (Lipinski definition) is 4. The first-order valence-corrected chi connectivity index (χ1v) is 8.02. The number of pyridine rings is 1. The molecule has 2 N–H and O–H groups in total. The average molecular weight is 310 g/mol. The second-order valence-electron chi connectivity index (χ2n) is 5.99. The van der Waals surface area contributed by atoms with Gasteiger partial charge in [0, 0.05) is 24.8 Å². The summed E-state index contributed by atoms with van der Waals surface area (Å²) in [5.74, 6) is 0.344. The highest BCUT2D eigenvalue weighted by atomic mass is 16.1. The number of hydrogen-bond donors (Lipinski definition) is 1. The van der Waals surface area contributed by atoms with Gasteiger partial charge in [0.15, 0.2) is 0 Å². The van der Waals surface area contributed by atoms with Crippen molar-refractivity contribution in [1.82, 2.24) is 4.68 Å². The lowest BCUT2D eigenvalue weighted by molar-refractivity contribution is 0.578. The first kappa shape index (κ1) is 15.3. The summed E-state index contributed by atoms with van der Waals surface area (Å²) in [7, 11) is 0. The zero-order chi connectivity index (χ0) is 16.2. The molecule has 1 aliphatic rings. The molecule has 23 heavy (non-hydrogen) atoms. The van der Waals surface area contributed by atoms with Crippen molar-refractivity contribution in [2.24, 2.45) is 5.10 Å². The minimum atomic E-state index is -0.219. The van der Waals surface area contributed by atoms with Gasteiger partial charge in [-0.3, -0.25) is 4.79 Å². The Kier molecular flexibility index (Phi) is 4.46. The highest BCUT2D eigenvalue weighted by molar-refractivity contribution is 5.80. The fourth-order valence-corrected chi connectivity index (χ4v) is 2.89. The van der Waals surface area contributed by atoms with Gasteiger partial charge >= 0.3 is 0 Å². The summed E-state index contributed by atoms with van der Waals surface area (Å²) in [6.07, 6.45) is 5.51. The summed E-state index contributed by atoms with van der Waals surface area (Å²) in [6, 6.07) is 11.5. The van der Waals surface area contributed by atoms with E-state index in [1.165, 1.54) is 35.7 Å². The molecule has 1 aliphatic heterocycles. The Morgan fingerprint density at radius 1 is 1.09 bits per heavy atom. The van der Waals surface area contributed by atoms with Gasteiger partial charge in [-0.25, -0.2) is 0 Å². The third kappa shape index (κ3) is 3.62. The van der Waals surface area contributed by atoms with Crippen molar-refractivity contribution in [1.29, 1.82) is 0 Å². The lowest BCUT2D eigenvalue weighted by Gasteiger charge is -2.28. The van der Waals surface area contributed by atoms with Crippen LogP contribution >= 0.6 is 0 Å². The Balaban J connectivity index is 1.77. The van der Waals surface area contributed by atoms with Gasteiger partial charge in [0.1, 0.15) is 5.82 Å². The van der Waals surface area contributed by atoms with Crippen LogP contribution in [0.3, 0.4) is 0 Å². The lowest BCUT2D eigenvalue weighted by Crippen LogP contribution is -2.29. The molecule has 3 rings (SSSR count). The molecule has 2 heterocycles. The number of aromatic nitrogens is 1. The Morgan fingerprint density at radius 2 is 1.78 bits per heavy atom. The molecule has 0 aliphatic carbocycles. The van der Waals surface area contributed by atoms with Crippen molar-refractivity contribution in [2.45, 2.75) is 26.2 Å². The summed E-state index contributed by atoms with van der Waals surface area (Å²) in [5, 5.41) is 4.20. The van der Waals surface area contributed by atoms with E-state index in [0.29, 0.717) is 5.82 Å². The molecule has 0 spiro atoms. The first-order chi connectivity index (χ1) is 11.1. The van der Waals surface area contributed by atoms with E-state index in [1.54, 1.807) is 12.3 Å². The van der Waals surface area contributed by atoms with Gasteiger partial charge < -0.3 is 10.6 Å². The van der Waals surface area contributed by atoms with E-state index in [1.807, 2.05) is 19.1 Å². The van der Waals surface area contributed by atoms with E-state index in [4.69, 9.17) is 5.73 Å². The fraction of sp³-hybridized carbons (Fsp3) is 0.333. The van der Waals surface area contributed by atoms with Crippen LogP contribution < -0.4 is 16.2 Å². The maximum Gasteiger partial charge on any atom is 0.273 e. The third-order valence-electron chi connectivity index (χ3n) is 4.12. The molecule has 1 fully saturated rings. The molecule has 1 aromatic carbocycles. The normalized spacial score (nSPS) is 15.3. The van der Waals surface area contributed by atoms with Gasteiger partial charge in [0.25, 0.3) is 5.56 Å². The smallest absolute Gasteiger partial charge is 0.273 e. The number of piperidine rings is 1. The zero-order valence-electron chi connectivity index (χ0n) is 13.4. The van der Waals surface area contributed by atoms with Crippen LogP contribution in [-0.2, 0) is 0 Å². The molecule has 120 valence electrons. The SMILES string of the molecule is Cc1cc(N)n(/N=C\c2ccc(N3CCCCC3)cc2)c(=O)c1. The average Bonchev–Trinajstić information content (AvgIpc) is 2.55. The quantitative estimate of drug-likeness (QED) is 0.886.